The highest BCUT2D eigenvalue weighted by Crippen LogP contribution is 2.40. The second-order valence-corrected chi connectivity index (χ2v) is 6.73. The van der Waals surface area contributed by atoms with E-state index in [0.29, 0.717) is 28.5 Å². The van der Waals surface area contributed by atoms with E-state index in [2.05, 4.69) is 5.32 Å². The Labute approximate surface area is 174 Å². The van der Waals surface area contributed by atoms with Crippen LogP contribution >= 0.6 is 0 Å². The highest BCUT2D eigenvalue weighted by atomic mass is 16.5. The Morgan fingerprint density at radius 3 is 2.07 bits per heavy atom. The summed E-state index contributed by atoms with van der Waals surface area (Å²) in [6, 6.07) is 7.79. The monoisotopic (exact) mass is 410 g/mol. The Kier molecular flexibility index (Phi) is 5.77. The lowest BCUT2D eigenvalue weighted by molar-refractivity contribution is -0.122. The van der Waals surface area contributed by atoms with Crippen LogP contribution in [0.25, 0.3) is 6.08 Å². The van der Waals surface area contributed by atoms with Crippen LogP contribution in [0.3, 0.4) is 0 Å². The molecule has 0 spiro atoms. The van der Waals surface area contributed by atoms with E-state index in [1.807, 2.05) is 19.9 Å². The Hall–Kier alpha value is -3.81. The summed E-state index contributed by atoms with van der Waals surface area (Å²) in [6.07, 6.45) is 1.36. The predicted molar refractivity (Wildman–Crippen MR) is 111 cm³/mol. The summed E-state index contributed by atoms with van der Waals surface area (Å²) in [7, 11) is 4.38. The van der Waals surface area contributed by atoms with Gasteiger partial charge >= 0.3 is 6.03 Å². The molecular formula is C22H22N2O6. The fourth-order valence-electron chi connectivity index (χ4n) is 3.37. The third-order valence-corrected chi connectivity index (χ3v) is 4.60. The number of barbiturate groups is 1. The number of rotatable bonds is 5. The van der Waals surface area contributed by atoms with Gasteiger partial charge in [0.25, 0.3) is 11.8 Å². The molecule has 2 aromatic rings. The van der Waals surface area contributed by atoms with Crippen LogP contribution in [0.4, 0.5) is 10.5 Å². The Balaban J connectivity index is 2.11. The maximum atomic E-state index is 13.1. The maximum Gasteiger partial charge on any atom is 0.335 e. The van der Waals surface area contributed by atoms with E-state index in [-0.39, 0.29) is 5.57 Å². The molecule has 1 aliphatic heterocycles. The topological polar surface area (TPSA) is 94.2 Å². The van der Waals surface area contributed by atoms with Crippen LogP contribution in [-0.4, -0.2) is 39.2 Å². The van der Waals surface area contributed by atoms with Crippen LogP contribution < -0.4 is 24.4 Å². The molecule has 1 N–H and O–H groups in total. The van der Waals surface area contributed by atoms with Crippen LogP contribution in [0, 0.1) is 13.8 Å². The zero-order valence-corrected chi connectivity index (χ0v) is 17.4. The van der Waals surface area contributed by atoms with Crippen molar-refractivity contribution in [3.8, 4) is 17.2 Å². The van der Waals surface area contributed by atoms with Gasteiger partial charge in [0.1, 0.15) is 5.57 Å². The Morgan fingerprint density at radius 2 is 1.50 bits per heavy atom. The van der Waals surface area contributed by atoms with Gasteiger partial charge in [-0.25, -0.2) is 9.69 Å². The van der Waals surface area contributed by atoms with E-state index in [0.717, 1.165) is 16.0 Å². The van der Waals surface area contributed by atoms with Crippen LogP contribution in [0.15, 0.2) is 35.9 Å². The molecule has 0 aliphatic carbocycles. The summed E-state index contributed by atoms with van der Waals surface area (Å²) >= 11 is 0. The number of nitrogens with zero attached hydrogens (tertiary/aromatic N) is 1. The van der Waals surface area contributed by atoms with Crippen LogP contribution in [0.1, 0.15) is 16.7 Å². The van der Waals surface area contributed by atoms with E-state index in [4.69, 9.17) is 14.2 Å². The van der Waals surface area contributed by atoms with E-state index < -0.39 is 17.8 Å². The SMILES string of the molecule is COc1ccc(/C=C2\C(=O)NC(=O)N(c3cc(C)cc(C)c3)C2=O)c(OC)c1OC. The summed E-state index contributed by atoms with van der Waals surface area (Å²) in [6.45, 7) is 3.72. The molecule has 0 saturated carbocycles. The van der Waals surface area contributed by atoms with Crippen molar-refractivity contribution in [1.82, 2.24) is 5.32 Å². The summed E-state index contributed by atoms with van der Waals surface area (Å²) in [4.78, 5) is 39.0. The van der Waals surface area contributed by atoms with Gasteiger partial charge in [-0.05, 0) is 55.3 Å². The van der Waals surface area contributed by atoms with Gasteiger partial charge in [-0.1, -0.05) is 6.07 Å². The van der Waals surface area contributed by atoms with Crippen molar-refractivity contribution < 1.29 is 28.6 Å². The van der Waals surface area contributed by atoms with Crippen LogP contribution in [-0.2, 0) is 9.59 Å². The first-order valence-electron chi connectivity index (χ1n) is 9.09. The number of carbonyl (C=O) groups is 3. The lowest BCUT2D eigenvalue weighted by atomic mass is 10.0. The minimum atomic E-state index is -0.800. The van der Waals surface area contributed by atoms with Crippen molar-refractivity contribution in [2.24, 2.45) is 0 Å². The molecule has 4 amide bonds. The number of hydrogen-bond acceptors (Lipinski definition) is 6. The number of carbonyl (C=O) groups excluding carboxylic acids is 3. The zero-order valence-electron chi connectivity index (χ0n) is 17.4. The number of hydrogen-bond donors (Lipinski definition) is 1. The van der Waals surface area contributed by atoms with Gasteiger partial charge in [0.15, 0.2) is 11.5 Å². The number of aryl methyl sites for hydroxylation is 2. The van der Waals surface area contributed by atoms with Gasteiger partial charge in [0.2, 0.25) is 5.75 Å². The number of nitrogens with one attached hydrogen (secondary N) is 1. The predicted octanol–water partition coefficient (Wildman–Crippen LogP) is 3.00. The number of anilines is 1. The summed E-state index contributed by atoms with van der Waals surface area (Å²) < 4.78 is 16.0. The molecule has 1 heterocycles. The van der Waals surface area contributed by atoms with Gasteiger partial charge in [0, 0.05) is 5.56 Å². The molecule has 0 aromatic heterocycles. The van der Waals surface area contributed by atoms with E-state index >= 15 is 0 Å². The first-order valence-corrected chi connectivity index (χ1v) is 9.09. The highest BCUT2D eigenvalue weighted by Gasteiger charge is 2.37. The van der Waals surface area contributed by atoms with Gasteiger partial charge in [-0.15, -0.1) is 0 Å². The first-order chi connectivity index (χ1) is 14.3. The van der Waals surface area contributed by atoms with Crippen LogP contribution in [0.5, 0.6) is 17.2 Å². The maximum absolute atomic E-state index is 13.1. The first kappa shape index (κ1) is 20.9. The summed E-state index contributed by atoms with van der Waals surface area (Å²) in [5, 5.41) is 2.22. The van der Waals surface area contributed by atoms with E-state index in [9.17, 15) is 14.4 Å². The third-order valence-electron chi connectivity index (χ3n) is 4.60. The molecule has 156 valence electrons. The molecule has 0 atom stereocenters. The van der Waals surface area contributed by atoms with E-state index in [1.165, 1.54) is 27.4 Å². The second-order valence-electron chi connectivity index (χ2n) is 6.73. The normalized spacial score (nSPS) is 15.3. The number of urea groups is 1. The number of amides is 4. The lowest BCUT2D eigenvalue weighted by Crippen LogP contribution is -2.54. The van der Waals surface area contributed by atoms with Gasteiger partial charge < -0.3 is 14.2 Å². The third kappa shape index (κ3) is 3.71. The van der Waals surface area contributed by atoms with Crippen molar-refractivity contribution in [1.29, 1.82) is 0 Å². The molecule has 3 rings (SSSR count). The molecule has 0 bridgehead atoms. The second kappa shape index (κ2) is 8.28. The molecular weight excluding hydrogens is 388 g/mol. The minimum Gasteiger partial charge on any atom is -0.493 e. The van der Waals surface area contributed by atoms with Crippen molar-refractivity contribution >= 4 is 29.6 Å². The minimum absolute atomic E-state index is 0.209. The quantitative estimate of drug-likeness (QED) is 0.602. The number of imide groups is 2. The van der Waals surface area contributed by atoms with Crippen molar-refractivity contribution in [3.05, 3.63) is 52.6 Å². The standard InChI is InChI=1S/C22H22N2O6/c1-12-8-13(2)10-15(9-12)24-21(26)16(20(25)23-22(24)27)11-14-6-7-17(28-3)19(30-5)18(14)29-4/h6-11H,1-5H3,(H,23,25,27)/b16-11+. The molecule has 8 heteroatoms. The number of ether oxygens (including phenoxy) is 3. The molecule has 2 aromatic carbocycles. The molecule has 1 aliphatic rings. The fourth-order valence-corrected chi connectivity index (χ4v) is 3.37. The molecule has 1 saturated heterocycles. The summed E-state index contributed by atoms with van der Waals surface area (Å²) in [5.41, 5.74) is 2.36. The molecule has 8 nitrogen and oxygen atoms in total. The van der Waals surface area contributed by atoms with Crippen LogP contribution in [0.2, 0.25) is 0 Å². The fraction of sp³-hybridized carbons (Fsp3) is 0.227. The van der Waals surface area contributed by atoms with Gasteiger partial charge in [-0.3, -0.25) is 14.9 Å². The largest absolute Gasteiger partial charge is 0.493 e. The van der Waals surface area contributed by atoms with Crippen molar-refractivity contribution in [3.63, 3.8) is 0 Å². The van der Waals surface area contributed by atoms with E-state index in [1.54, 1.807) is 24.3 Å². The molecule has 30 heavy (non-hydrogen) atoms. The average molecular weight is 410 g/mol. The molecule has 0 radical (unpaired) electrons. The van der Waals surface area contributed by atoms with Gasteiger partial charge in [0.05, 0.1) is 27.0 Å². The van der Waals surface area contributed by atoms with Crippen molar-refractivity contribution in [2.45, 2.75) is 13.8 Å². The number of benzene rings is 2. The Morgan fingerprint density at radius 1 is 0.867 bits per heavy atom. The molecule has 1 fully saturated rings. The molecule has 0 unspecified atom stereocenters. The zero-order chi connectivity index (χ0) is 22.0. The Bertz CT molecular complexity index is 1050. The lowest BCUT2D eigenvalue weighted by Gasteiger charge is -2.27. The highest BCUT2D eigenvalue weighted by molar-refractivity contribution is 6.39. The smallest absolute Gasteiger partial charge is 0.335 e. The number of methoxy groups -OCH3 is 3. The summed E-state index contributed by atoms with van der Waals surface area (Å²) in [5.74, 6) is -0.476. The van der Waals surface area contributed by atoms with Gasteiger partial charge in [-0.2, -0.15) is 0 Å². The average Bonchev–Trinajstić information content (AvgIpc) is 2.69. The van der Waals surface area contributed by atoms with Crippen molar-refractivity contribution in [2.75, 3.05) is 26.2 Å².